The summed E-state index contributed by atoms with van der Waals surface area (Å²) in [6.45, 7) is 2.85. The Balaban J connectivity index is 1.38. The van der Waals surface area contributed by atoms with Crippen LogP contribution in [-0.2, 0) is 11.3 Å². The second-order valence-electron chi connectivity index (χ2n) is 10.8. The van der Waals surface area contributed by atoms with E-state index < -0.39 is 29.0 Å². The monoisotopic (exact) mass is 586 g/mol. The summed E-state index contributed by atoms with van der Waals surface area (Å²) in [6.07, 6.45) is 0.746. The van der Waals surface area contributed by atoms with Gasteiger partial charge in [-0.1, -0.05) is 42.5 Å². The number of hydrogen-bond acceptors (Lipinski definition) is 8. The number of amides is 3. The van der Waals surface area contributed by atoms with Gasteiger partial charge in [0.1, 0.15) is 35.3 Å². The zero-order valence-electron chi connectivity index (χ0n) is 24.3. The highest BCUT2D eigenvalue weighted by Crippen LogP contribution is 2.39. The molecule has 5 rings (SSSR count). The molecular formula is C32H34N4O7. The summed E-state index contributed by atoms with van der Waals surface area (Å²) in [6, 6.07) is 18.1. The van der Waals surface area contributed by atoms with Crippen molar-refractivity contribution in [1.82, 2.24) is 9.80 Å². The average molecular weight is 587 g/mol. The van der Waals surface area contributed by atoms with Crippen LogP contribution in [0.4, 0.5) is 26.7 Å². The van der Waals surface area contributed by atoms with Gasteiger partial charge < -0.3 is 29.4 Å². The molecule has 224 valence electrons. The van der Waals surface area contributed by atoms with E-state index in [4.69, 9.17) is 9.15 Å². The lowest BCUT2D eigenvalue weighted by Gasteiger charge is -2.36. The van der Waals surface area contributed by atoms with Gasteiger partial charge in [0.05, 0.1) is 11.7 Å². The van der Waals surface area contributed by atoms with Gasteiger partial charge in [-0.15, -0.1) is 0 Å². The quantitative estimate of drug-likeness (QED) is 0.278. The fraction of sp³-hybridized carbons (Fsp3) is 0.312. The Kier molecular flexibility index (Phi) is 8.51. The third kappa shape index (κ3) is 6.11. The predicted octanol–water partition coefficient (Wildman–Crippen LogP) is 4.91. The summed E-state index contributed by atoms with van der Waals surface area (Å²) in [5.41, 5.74) is -0.822. The van der Waals surface area contributed by atoms with Crippen LogP contribution in [0.1, 0.15) is 36.0 Å². The van der Waals surface area contributed by atoms with Crippen LogP contribution in [0.5, 0.6) is 5.75 Å². The number of para-hydroxylation sites is 2. The number of aryl methyl sites for hydroxylation is 1. The number of nitrogens with one attached hydrogen (secondary N) is 1. The molecule has 0 saturated carbocycles. The van der Waals surface area contributed by atoms with Crippen molar-refractivity contribution in [3.05, 3.63) is 104 Å². The lowest BCUT2D eigenvalue weighted by Crippen LogP contribution is -2.47. The van der Waals surface area contributed by atoms with Crippen molar-refractivity contribution >= 4 is 29.2 Å². The smallest absolute Gasteiger partial charge is 0.410 e. The Labute approximate surface area is 248 Å². The van der Waals surface area contributed by atoms with Crippen LogP contribution in [-0.4, -0.2) is 54.2 Å². The minimum absolute atomic E-state index is 0.0350. The van der Waals surface area contributed by atoms with Crippen molar-refractivity contribution in [3.8, 4) is 5.75 Å². The molecule has 2 N–H and O–H groups in total. The predicted molar refractivity (Wildman–Crippen MR) is 161 cm³/mol. The standard InChI is InChI=1S/C32H34N4O7/c1-20-13-14-25(43-20)26(22-15-17-35(18-16-22)32(41)42-19-21-9-5-4-6-10-21)33-27-28(30(39)29(27)38)36(31(40)34(2)3)23-11-7-8-12-24(23)37/h4-14,22,26,33,37H,15-19H2,1-3H3. The molecule has 11 heteroatoms. The normalized spacial score (nSPS) is 14.3. The number of phenols is 1. The number of ether oxygens (including phenoxy) is 1. The second-order valence-corrected chi connectivity index (χ2v) is 10.8. The van der Waals surface area contributed by atoms with Crippen molar-refractivity contribution < 1.29 is 23.8 Å². The molecule has 1 unspecified atom stereocenters. The van der Waals surface area contributed by atoms with Gasteiger partial charge in [-0.25, -0.2) is 9.59 Å². The molecule has 1 aliphatic heterocycles. The Morgan fingerprint density at radius 3 is 2.30 bits per heavy atom. The fourth-order valence-electron chi connectivity index (χ4n) is 5.32. The van der Waals surface area contributed by atoms with E-state index in [9.17, 15) is 24.3 Å². The molecule has 0 aliphatic carbocycles. The second kappa shape index (κ2) is 12.4. The van der Waals surface area contributed by atoms with E-state index in [0.29, 0.717) is 37.5 Å². The summed E-state index contributed by atoms with van der Waals surface area (Å²) in [5, 5.41) is 13.8. The van der Waals surface area contributed by atoms with Crippen LogP contribution < -0.4 is 21.1 Å². The van der Waals surface area contributed by atoms with Crippen LogP contribution in [0.3, 0.4) is 0 Å². The lowest BCUT2D eigenvalue weighted by atomic mass is 9.87. The molecule has 1 atom stereocenters. The number of hydrogen-bond donors (Lipinski definition) is 2. The molecule has 0 bridgehead atoms. The van der Waals surface area contributed by atoms with Crippen LogP contribution in [0.25, 0.3) is 0 Å². The molecule has 43 heavy (non-hydrogen) atoms. The number of rotatable bonds is 8. The highest BCUT2D eigenvalue weighted by Gasteiger charge is 2.38. The van der Waals surface area contributed by atoms with E-state index in [-0.39, 0.29) is 35.3 Å². The fourth-order valence-corrected chi connectivity index (χ4v) is 5.32. The SMILES string of the molecule is Cc1ccc(C(Nc2c(N(C(=O)N(C)C)c3ccccc3O)c(=O)c2=O)C2CCN(C(=O)OCc3ccccc3)CC2)o1. The Bertz CT molecular complexity index is 1660. The van der Waals surface area contributed by atoms with Crippen LogP contribution in [0.2, 0.25) is 0 Å². The number of likely N-dealkylation sites (tertiary alicyclic amines) is 1. The number of carbonyl (C=O) groups excluding carboxylic acids is 2. The van der Waals surface area contributed by atoms with E-state index in [1.807, 2.05) is 49.4 Å². The van der Waals surface area contributed by atoms with E-state index in [2.05, 4.69) is 5.32 Å². The highest BCUT2D eigenvalue weighted by atomic mass is 16.6. The number of furan rings is 1. The van der Waals surface area contributed by atoms with Gasteiger partial charge in [-0.2, -0.15) is 0 Å². The topological polar surface area (TPSA) is 133 Å². The van der Waals surface area contributed by atoms with Gasteiger partial charge in [0.2, 0.25) is 0 Å². The van der Waals surface area contributed by atoms with E-state index in [1.165, 1.54) is 31.1 Å². The lowest BCUT2D eigenvalue weighted by molar-refractivity contribution is 0.0797. The third-order valence-electron chi connectivity index (χ3n) is 7.65. The van der Waals surface area contributed by atoms with E-state index >= 15 is 0 Å². The Morgan fingerprint density at radius 2 is 1.67 bits per heavy atom. The third-order valence-corrected chi connectivity index (χ3v) is 7.65. The van der Waals surface area contributed by atoms with Crippen molar-refractivity contribution in [2.24, 2.45) is 5.92 Å². The summed E-state index contributed by atoms with van der Waals surface area (Å²) in [7, 11) is 3.03. The van der Waals surface area contributed by atoms with Crippen molar-refractivity contribution in [3.63, 3.8) is 0 Å². The molecule has 3 aromatic carbocycles. The van der Waals surface area contributed by atoms with E-state index in [1.54, 1.807) is 17.0 Å². The maximum atomic E-state index is 13.3. The minimum atomic E-state index is -0.841. The number of piperidine rings is 1. The number of anilines is 3. The van der Waals surface area contributed by atoms with Crippen LogP contribution in [0.15, 0.2) is 80.7 Å². The molecule has 0 radical (unpaired) electrons. The zero-order valence-corrected chi connectivity index (χ0v) is 24.3. The van der Waals surface area contributed by atoms with Gasteiger partial charge in [0.15, 0.2) is 0 Å². The highest BCUT2D eigenvalue weighted by molar-refractivity contribution is 6.04. The summed E-state index contributed by atoms with van der Waals surface area (Å²) < 4.78 is 11.5. The van der Waals surface area contributed by atoms with Crippen molar-refractivity contribution in [2.45, 2.75) is 32.4 Å². The first-order chi connectivity index (χ1) is 20.7. The summed E-state index contributed by atoms with van der Waals surface area (Å²) >= 11 is 0. The van der Waals surface area contributed by atoms with Crippen LogP contribution >= 0.6 is 0 Å². The van der Waals surface area contributed by atoms with Crippen molar-refractivity contribution in [2.75, 3.05) is 37.4 Å². The van der Waals surface area contributed by atoms with Crippen molar-refractivity contribution in [1.29, 1.82) is 0 Å². The average Bonchev–Trinajstić information content (AvgIpc) is 3.45. The zero-order chi connectivity index (χ0) is 30.7. The first kappa shape index (κ1) is 29.4. The molecule has 4 aromatic rings. The van der Waals surface area contributed by atoms with Gasteiger partial charge >= 0.3 is 12.1 Å². The van der Waals surface area contributed by atoms with Gasteiger partial charge in [0, 0.05) is 27.2 Å². The molecule has 1 aromatic heterocycles. The first-order valence-corrected chi connectivity index (χ1v) is 14.1. The summed E-state index contributed by atoms with van der Waals surface area (Å²) in [4.78, 5) is 56.0. The Morgan fingerprint density at radius 1 is 1.00 bits per heavy atom. The molecular weight excluding hydrogens is 552 g/mol. The number of phenolic OH excluding ortho intramolecular Hbond substituents is 1. The number of benzene rings is 2. The number of urea groups is 1. The number of aromatic hydroxyl groups is 1. The molecule has 1 fully saturated rings. The Hall–Kier alpha value is -5.06. The summed E-state index contributed by atoms with van der Waals surface area (Å²) in [5.74, 6) is 0.938. The molecule has 3 amide bonds. The molecule has 2 heterocycles. The molecule has 11 nitrogen and oxygen atoms in total. The number of carbonyl (C=O) groups is 2. The largest absolute Gasteiger partial charge is 0.506 e. The van der Waals surface area contributed by atoms with E-state index in [0.717, 1.165) is 10.5 Å². The maximum absolute atomic E-state index is 13.3. The molecule has 0 spiro atoms. The minimum Gasteiger partial charge on any atom is -0.506 e. The first-order valence-electron chi connectivity index (χ1n) is 14.1. The van der Waals surface area contributed by atoms with Crippen LogP contribution in [0, 0.1) is 12.8 Å². The van der Waals surface area contributed by atoms with Gasteiger partial charge in [-0.3, -0.25) is 14.5 Å². The maximum Gasteiger partial charge on any atom is 0.410 e. The van der Waals surface area contributed by atoms with Gasteiger partial charge in [0.25, 0.3) is 10.9 Å². The number of nitrogens with zero attached hydrogens (tertiary/aromatic N) is 3. The van der Waals surface area contributed by atoms with Gasteiger partial charge in [-0.05, 0) is 55.5 Å². The molecule has 1 aliphatic rings. The molecule has 1 saturated heterocycles.